The van der Waals surface area contributed by atoms with Gasteiger partial charge in [0.15, 0.2) is 0 Å². The summed E-state index contributed by atoms with van der Waals surface area (Å²) < 4.78 is 6.81. The lowest BCUT2D eigenvalue weighted by Gasteiger charge is -2.20. The quantitative estimate of drug-likeness (QED) is 0.174. The molecular formula is C50H30O. The van der Waals surface area contributed by atoms with Gasteiger partial charge < -0.3 is 4.42 Å². The number of hydrogen-bond donors (Lipinski definition) is 0. The van der Waals surface area contributed by atoms with Gasteiger partial charge in [0, 0.05) is 21.7 Å². The smallest absolute Gasteiger partial charge is 0.143 e. The number of fused-ring (bicyclic) bond motifs is 9. The Labute approximate surface area is 294 Å². The van der Waals surface area contributed by atoms with Gasteiger partial charge in [-0.2, -0.15) is 0 Å². The molecule has 1 heterocycles. The minimum absolute atomic E-state index is 0.928. The molecule has 1 aromatic heterocycles. The number of hydrogen-bond acceptors (Lipinski definition) is 1. The monoisotopic (exact) mass is 646 g/mol. The predicted molar refractivity (Wildman–Crippen MR) is 218 cm³/mol. The van der Waals surface area contributed by atoms with Crippen molar-refractivity contribution in [3.63, 3.8) is 0 Å². The van der Waals surface area contributed by atoms with Gasteiger partial charge in [0.2, 0.25) is 0 Å². The molecule has 0 atom stereocenters. The maximum Gasteiger partial charge on any atom is 0.143 e. The maximum atomic E-state index is 6.81. The van der Waals surface area contributed by atoms with Crippen LogP contribution in [-0.4, -0.2) is 0 Å². The predicted octanol–water partition coefficient (Wildman–Crippen LogP) is 14.4. The largest absolute Gasteiger partial charge is 0.455 e. The second-order valence-corrected chi connectivity index (χ2v) is 13.6. The highest BCUT2D eigenvalue weighted by Gasteiger charge is 2.21. The van der Waals surface area contributed by atoms with Crippen LogP contribution in [-0.2, 0) is 0 Å². The third-order valence-electron chi connectivity index (χ3n) is 10.8. The Bertz CT molecular complexity index is 3140. The molecule has 11 aromatic rings. The first-order chi connectivity index (χ1) is 25.3. The van der Waals surface area contributed by atoms with Gasteiger partial charge in [0.05, 0.1) is 0 Å². The second kappa shape index (κ2) is 10.9. The Morgan fingerprint density at radius 2 is 0.765 bits per heavy atom. The molecule has 51 heavy (non-hydrogen) atoms. The Morgan fingerprint density at radius 1 is 0.255 bits per heavy atom. The molecule has 0 saturated carbocycles. The molecule has 0 spiro atoms. The third kappa shape index (κ3) is 4.16. The van der Waals surface area contributed by atoms with Gasteiger partial charge in [0.25, 0.3) is 0 Å². The van der Waals surface area contributed by atoms with Crippen molar-refractivity contribution in [1.29, 1.82) is 0 Å². The fourth-order valence-electron chi connectivity index (χ4n) is 8.56. The van der Waals surface area contributed by atoms with Crippen molar-refractivity contribution in [2.45, 2.75) is 0 Å². The summed E-state index contributed by atoms with van der Waals surface area (Å²) in [5.74, 6) is 0. The topological polar surface area (TPSA) is 13.1 Å². The molecule has 0 aliphatic carbocycles. The summed E-state index contributed by atoms with van der Waals surface area (Å²) in [5.41, 5.74) is 9.16. The lowest BCUT2D eigenvalue weighted by atomic mass is 9.83. The molecule has 0 fully saturated rings. The molecule has 1 nitrogen and oxygen atoms in total. The van der Waals surface area contributed by atoms with Gasteiger partial charge in [-0.3, -0.25) is 0 Å². The van der Waals surface area contributed by atoms with E-state index in [1.165, 1.54) is 76.3 Å². The lowest BCUT2D eigenvalue weighted by Crippen LogP contribution is -1.92. The van der Waals surface area contributed by atoms with Crippen LogP contribution in [0.4, 0.5) is 0 Å². The number of para-hydroxylation sites is 1. The van der Waals surface area contributed by atoms with Crippen molar-refractivity contribution < 1.29 is 4.42 Å². The van der Waals surface area contributed by atoms with Crippen LogP contribution in [0.2, 0.25) is 0 Å². The van der Waals surface area contributed by atoms with Crippen molar-refractivity contribution in [1.82, 2.24) is 0 Å². The Kier molecular flexibility index (Phi) is 6.02. The summed E-state index contributed by atoms with van der Waals surface area (Å²) >= 11 is 0. The normalized spacial score (nSPS) is 11.9. The van der Waals surface area contributed by atoms with Gasteiger partial charge in [-0.25, -0.2) is 0 Å². The molecule has 0 amide bonds. The van der Waals surface area contributed by atoms with Crippen LogP contribution < -0.4 is 0 Å². The van der Waals surface area contributed by atoms with E-state index < -0.39 is 0 Å². The van der Waals surface area contributed by atoms with E-state index in [2.05, 4.69) is 182 Å². The van der Waals surface area contributed by atoms with Gasteiger partial charge in [-0.15, -0.1) is 0 Å². The number of rotatable bonds is 3. The molecule has 0 bridgehead atoms. The van der Waals surface area contributed by atoms with E-state index in [4.69, 9.17) is 4.42 Å². The first-order valence-electron chi connectivity index (χ1n) is 17.6. The molecule has 0 unspecified atom stereocenters. The molecular weight excluding hydrogens is 617 g/mol. The zero-order valence-electron chi connectivity index (χ0n) is 27.7. The van der Waals surface area contributed by atoms with Crippen molar-refractivity contribution in [2.24, 2.45) is 0 Å². The Hall–Kier alpha value is -6.70. The molecule has 10 aromatic carbocycles. The van der Waals surface area contributed by atoms with Crippen molar-refractivity contribution in [3.8, 4) is 33.4 Å². The number of furan rings is 1. The third-order valence-corrected chi connectivity index (χ3v) is 10.8. The highest BCUT2D eigenvalue weighted by molar-refractivity contribution is 6.25. The van der Waals surface area contributed by atoms with Crippen LogP contribution in [0.25, 0.3) is 109 Å². The first-order valence-corrected chi connectivity index (χ1v) is 17.6. The summed E-state index contributed by atoms with van der Waals surface area (Å²) in [6.07, 6.45) is 0. The van der Waals surface area contributed by atoms with Crippen LogP contribution in [0.3, 0.4) is 0 Å². The van der Waals surface area contributed by atoms with Crippen LogP contribution in [0.15, 0.2) is 186 Å². The standard InChI is InChI=1S/C50H30O/c1-2-14-33-30-34(25-24-31(33)12-1)47-39-18-7-9-20-41(39)48(42-21-10-8-19-40(42)47)43-29-28-38(36-16-5-6-17-37(36)43)44-22-11-23-45-46-27-26-32-13-3-4-15-35(32)49(46)51-50(44)45/h1-30H. The molecule has 0 aliphatic heterocycles. The number of benzene rings is 10. The van der Waals surface area contributed by atoms with Gasteiger partial charge in [-0.05, 0) is 88.4 Å². The van der Waals surface area contributed by atoms with Crippen LogP contribution >= 0.6 is 0 Å². The van der Waals surface area contributed by atoms with Crippen LogP contribution in [0.5, 0.6) is 0 Å². The summed E-state index contributed by atoms with van der Waals surface area (Å²) in [5, 5.41) is 14.6. The van der Waals surface area contributed by atoms with Crippen molar-refractivity contribution >= 4 is 75.8 Å². The van der Waals surface area contributed by atoms with E-state index in [0.717, 1.165) is 32.9 Å². The molecule has 0 saturated heterocycles. The Morgan fingerprint density at radius 3 is 1.49 bits per heavy atom. The minimum Gasteiger partial charge on any atom is -0.455 e. The molecule has 236 valence electrons. The van der Waals surface area contributed by atoms with Gasteiger partial charge >= 0.3 is 0 Å². The first kappa shape index (κ1) is 28.2. The zero-order chi connectivity index (χ0) is 33.5. The molecule has 11 rings (SSSR count). The summed E-state index contributed by atoms with van der Waals surface area (Å²) in [6.45, 7) is 0. The second-order valence-electron chi connectivity index (χ2n) is 13.6. The lowest BCUT2D eigenvalue weighted by molar-refractivity contribution is 0.674. The fraction of sp³-hybridized carbons (Fsp3) is 0. The summed E-state index contributed by atoms with van der Waals surface area (Å²) in [4.78, 5) is 0. The van der Waals surface area contributed by atoms with E-state index in [1.807, 2.05) is 0 Å². The average molecular weight is 647 g/mol. The average Bonchev–Trinajstić information content (AvgIpc) is 3.59. The van der Waals surface area contributed by atoms with E-state index in [9.17, 15) is 0 Å². The van der Waals surface area contributed by atoms with Gasteiger partial charge in [0.1, 0.15) is 11.2 Å². The van der Waals surface area contributed by atoms with Crippen LogP contribution in [0.1, 0.15) is 0 Å². The highest BCUT2D eigenvalue weighted by Crippen LogP contribution is 2.48. The minimum atomic E-state index is 0.928. The van der Waals surface area contributed by atoms with E-state index >= 15 is 0 Å². The molecule has 0 N–H and O–H groups in total. The van der Waals surface area contributed by atoms with Crippen LogP contribution in [0, 0.1) is 0 Å². The van der Waals surface area contributed by atoms with E-state index in [0.29, 0.717) is 0 Å². The highest BCUT2D eigenvalue weighted by atomic mass is 16.3. The van der Waals surface area contributed by atoms with E-state index in [-0.39, 0.29) is 0 Å². The molecule has 0 radical (unpaired) electrons. The SMILES string of the molecule is c1ccc2cc(-c3c4ccccc4c(-c4ccc(-c5cccc6c5oc5c7ccccc7ccc65)c5ccccc45)c4ccccc34)ccc2c1. The maximum absolute atomic E-state index is 6.81. The van der Waals surface area contributed by atoms with Gasteiger partial charge in [-0.1, -0.05) is 170 Å². The van der Waals surface area contributed by atoms with E-state index in [1.54, 1.807) is 0 Å². The van der Waals surface area contributed by atoms with Crippen molar-refractivity contribution in [2.75, 3.05) is 0 Å². The summed E-state index contributed by atoms with van der Waals surface area (Å²) in [6, 6.07) is 66.3. The zero-order valence-corrected chi connectivity index (χ0v) is 27.7. The molecule has 1 heteroatoms. The Balaban J connectivity index is 1.19. The fourth-order valence-corrected chi connectivity index (χ4v) is 8.56. The van der Waals surface area contributed by atoms with Crippen molar-refractivity contribution in [3.05, 3.63) is 182 Å². The summed E-state index contributed by atoms with van der Waals surface area (Å²) in [7, 11) is 0. The molecule has 0 aliphatic rings.